The van der Waals surface area contributed by atoms with Crippen LogP contribution in [0.3, 0.4) is 0 Å². The minimum absolute atomic E-state index is 0.346. The van der Waals surface area contributed by atoms with Gasteiger partial charge < -0.3 is 5.32 Å². The number of amides is 1. The van der Waals surface area contributed by atoms with Crippen LogP contribution in [0.25, 0.3) is 0 Å². The van der Waals surface area contributed by atoms with Crippen LogP contribution in [0.2, 0.25) is 5.02 Å². The van der Waals surface area contributed by atoms with Crippen molar-refractivity contribution in [1.82, 2.24) is 0 Å². The lowest BCUT2D eigenvalue weighted by molar-refractivity contribution is -0.116. The highest BCUT2D eigenvalue weighted by atomic mass is 35.5. The average molecular weight is 381 g/mol. The van der Waals surface area contributed by atoms with Crippen molar-refractivity contribution >= 4 is 38.9 Å². The van der Waals surface area contributed by atoms with E-state index in [9.17, 15) is 13.2 Å². The Labute approximate surface area is 153 Å². The van der Waals surface area contributed by atoms with E-state index in [0.717, 1.165) is 21.7 Å². The molecule has 0 radical (unpaired) electrons. The van der Waals surface area contributed by atoms with Crippen LogP contribution in [0.5, 0.6) is 0 Å². The summed E-state index contributed by atoms with van der Waals surface area (Å²) in [6.07, 6.45) is 1.07. The minimum Gasteiger partial charge on any atom is -0.324 e. The molecule has 0 aliphatic carbocycles. The summed E-state index contributed by atoms with van der Waals surface area (Å²) >= 11 is 5.97. The van der Waals surface area contributed by atoms with Gasteiger partial charge in [0.05, 0.1) is 11.9 Å². The monoisotopic (exact) mass is 380 g/mol. The number of aryl methyl sites for hydroxylation is 2. The van der Waals surface area contributed by atoms with Crippen molar-refractivity contribution in [3.63, 3.8) is 0 Å². The van der Waals surface area contributed by atoms with E-state index in [2.05, 4.69) is 5.32 Å². The van der Waals surface area contributed by atoms with E-state index >= 15 is 0 Å². The summed E-state index contributed by atoms with van der Waals surface area (Å²) in [6, 6.07) is 11.2. The van der Waals surface area contributed by atoms with Crippen molar-refractivity contribution in [1.29, 1.82) is 0 Å². The molecule has 134 valence electrons. The van der Waals surface area contributed by atoms with Crippen LogP contribution in [-0.2, 0) is 14.8 Å². The number of hydrogen-bond donors (Lipinski definition) is 1. The predicted molar refractivity (Wildman–Crippen MR) is 103 cm³/mol. The van der Waals surface area contributed by atoms with Crippen molar-refractivity contribution in [3.05, 3.63) is 58.6 Å². The molecule has 7 heteroatoms. The van der Waals surface area contributed by atoms with Crippen LogP contribution >= 0.6 is 11.6 Å². The van der Waals surface area contributed by atoms with Gasteiger partial charge >= 0.3 is 0 Å². The Morgan fingerprint density at radius 2 is 1.84 bits per heavy atom. The number of hydrogen-bond acceptors (Lipinski definition) is 3. The molecule has 2 aromatic carbocycles. The fraction of sp³-hybridized carbons (Fsp3) is 0.278. The molecule has 5 nitrogen and oxygen atoms in total. The molecule has 1 atom stereocenters. The van der Waals surface area contributed by atoms with E-state index < -0.39 is 22.0 Å². The molecule has 2 rings (SSSR count). The molecule has 0 spiro atoms. The molecule has 0 fully saturated rings. The predicted octanol–water partition coefficient (Wildman–Crippen LogP) is 3.75. The molecule has 0 saturated heterocycles. The van der Waals surface area contributed by atoms with Crippen LogP contribution in [0.15, 0.2) is 42.5 Å². The van der Waals surface area contributed by atoms with Crippen molar-refractivity contribution in [2.24, 2.45) is 0 Å². The number of rotatable bonds is 5. The summed E-state index contributed by atoms with van der Waals surface area (Å²) in [7, 11) is -3.68. The third-order valence-electron chi connectivity index (χ3n) is 3.80. The first-order valence-corrected chi connectivity index (χ1v) is 9.95. The van der Waals surface area contributed by atoms with Gasteiger partial charge in [-0.3, -0.25) is 9.10 Å². The summed E-state index contributed by atoms with van der Waals surface area (Å²) < 4.78 is 25.6. The molecule has 0 aliphatic heterocycles. The van der Waals surface area contributed by atoms with Crippen LogP contribution in [0, 0.1) is 13.8 Å². The molecule has 0 heterocycles. The second-order valence-electron chi connectivity index (χ2n) is 6.02. The lowest BCUT2D eigenvalue weighted by Crippen LogP contribution is -2.45. The van der Waals surface area contributed by atoms with E-state index in [4.69, 9.17) is 11.6 Å². The number of nitrogens with zero attached hydrogens (tertiary/aromatic N) is 1. The number of nitrogens with one attached hydrogen (secondary N) is 1. The largest absolute Gasteiger partial charge is 0.324 e. The normalized spacial score (nSPS) is 12.5. The van der Waals surface area contributed by atoms with Gasteiger partial charge in [-0.2, -0.15) is 0 Å². The number of sulfonamides is 1. The lowest BCUT2D eigenvalue weighted by atomic mass is 10.1. The zero-order chi connectivity index (χ0) is 18.8. The molecule has 0 bridgehead atoms. The Morgan fingerprint density at radius 1 is 1.16 bits per heavy atom. The van der Waals surface area contributed by atoms with Gasteiger partial charge in [-0.25, -0.2) is 8.42 Å². The van der Waals surface area contributed by atoms with E-state index in [0.29, 0.717) is 16.4 Å². The van der Waals surface area contributed by atoms with Gasteiger partial charge in [-0.15, -0.1) is 0 Å². The van der Waals surface area contributed by atoms with Gasteiger partial charge in [0.25, 0.3) is 0 Å². The quantitative estimate of drug-likeness (QED) is 0.858. The second-order valence-corrected chi connectivity index (χ2v) is 8.32. The molecule has 1 amide bonds. The Morgan fingerprint density at radius 3 is 2.44 bits per heavy atom. The minimum atomic E-state index is -3.68. The van der Waals surface area contributed by atoms with Crippen LogP contribution < -0.4 is 9.62 Å². The fourth-order valence-electron chi connectivity index (χ4n) is 2.53. The van der Waals surface area contributed by atoms with Gasteiger partial charge in [0.1, 0.15) is 6.04 Å². The number of anilines is 2. The highest BCUT2D eigenvalue weighted by Gasteiger charge is 2.29. The van der Waals surface area contributed by atoms with Crippen LogP contribution in [-0.4, -0.2) is 26.6 Å². The molecule has 0 aliphatic rings. The Balaban J connectivity index is 2.35. The van der Waals surface area contributed by atoms with Crippen molar-refractivity contribution in [2.45, 2.75) is 26.8 Å². The highest BCUT2D eigenvalue weighted by molar-refractivity contribution is 7.92. The topological polar surface area (TPSA) is 66.5 Å². The molecule has 2 aromatic rings. The first-order valence-electron chi connectivity index (χ1n) is 7.72. The fourth-order valence-corrected chi connectivity index (χ4v) is 3.88. The van der Waals surface area contributed by atoms with Gasteiger partial charge in [0.15, 0.2) is 0 Å². The van der Waals surface area contributed by atoms with Crippen molar-refractivity contribution in [2.75, 3.05) is 15.9 Å². The maximum Gasteiger partial charge on any atom is 0.248 e. The lowest BCUT2D eigenvalue weighted by Gasteiger charge is -2.28. The number of benzene rings is 2. The molecule has 0 saturated carbocycles. The highest BCUT2D eigenvalue weighted by Crippen LogP contribution is 2.25. The maximum absolute atomic E-state index is 12.7. The number of carbonyl (C=O) groups is 1. The summed E-state index contributed by atoms with van der Waals surface area (Å²) in [6.45, 7) is 5.35. The summed E-state index contributed by atoms with van der Waals surface area (Å²) in [4.78, 5) is 12.7. The average Bonchev–Trinajstić information content (AvgIpc) is 2.49. The Hall–Kier alpha value is -2.05. The van der Waals surface area contributed by atoms with Gasteiger partial charge in [0.2, 0.25) is 15.9 Å². The molecule has 25 heavy (non-hydrogen) atoms. The number of halogens is 1. The smallest absolute Gasteiger partial charge is 0.248 e. The molecule has 1 unspecified atom stereocenters. The Bertz CT molecular complexity index is 897. The summed E-state index contributed by atoms with van der Waals surface area (Å²) in [5.74, 6) is -0.417. The van der Waals surface area contributed by atoms with Crippen LogP contribution in [0.1, 0.15) is 18.1 Å². The first kappa shape index (κ1) is 19.3. The van der Waals surface area contributed by atoms with E-state index in [-0.39, 0.29) is 0 Å². The second kappa shape index (κ2) is 7.45. The Kier molecular flexibility index (Phi) is 5.75. The van der Waals surface area contributed by atoms with Crippen LogP contribution in [0.4, 0.5) is 11.4 Å². The first-order chi connectivity index (χ1) is 11.6. The SMILES string of the molecule is Cc1ccc(C)c(NC(=O)C(C)N(c2cccc(Cl)c2)S(C)(=O)=O)c1. The van der Waals surface area contributed by atoms with Gasteiger partial charge in [0, 0.05) is 10.7 Å². The summed E-state index contributed by atoms with van der Waals surface area (Å²) in [5.41, 5.74) is 2.91. The molecular formula is C18H21ClN2O3S. The third kappa shape index (κ3) is 4.74. The maximum atomic E-state index is 12.7. The number of carbonyl (C=O) groups excluding carboxylic acids is 1. The van der Waals surface area contributed by atoms with Gasteiger partial charge in [-0.1, -0.05) is 29.8 Å². The zero-order valence-electron chi connectivity index (χ0n) is 14.6. The van der Waals surface area contributed by atoms with Gasteiger partial charge in [-0.05, 0) is 56.2 Å². The zero-order valence-corrected chi connectivity index (χ0v) is 16.1. The summed E-state index contributed by atoms with van der Waals surface area (Å²) in [5, 5.41) is 3.21. The third-order valence-corrected chi connectivity index (χ3v) is 5.28. The molecule has 1 N–H and O–H groups in total. The van der Waals surface area contributed by atoms with Crippen molar-refractivity contribution < 1.29 is 13.2 Å². The van der Waals surface area contributed by atoms with E-state index in [1.807, 2.05) is 32.0 Å². The standard InChI is InChI=1S/C18H21ClN2O3S/c1-12-8-9-13(2)17(10-12)20-18(22)14(3)21(25(4,23)24)16-7-5-6-15(19)11-16/h5-11,14H,1-4H3,(H,20,22). The van der Waals surface area contributed by atoms with E-state index in [1.54, 1.807) is 25.1 Å². The van der Waals surface area contributed by atoms with Crippen molar-refractivity contribution in [3.8, 4) is 0 Å². The van der Waals surface area contributed by atoms with E-state index in [1.165, 1.54) is 6.07 Å². The molecule has 0 aromatic heterocycles. The molecular weight excluding hydrogens is 360 g/mol.